The molecule has 0 N–H and O–H groups in total. The van der Waals surface area contributed by atoms with Crippen molar-refractivity contribution < 1.29 is 13.6 Å². The molecule has 0 aliphatic heterocycles. The van der Waals surface area contributed by atoms with Gasteiger partial charge in [-0.3, -0.25) is 0 Å². The minimum Gasteiger partial charge on any atom is -0.464 e. The molecule has 2 nitrogen and oxygen atoms in total. The van der Waals surface area contributed by atoms with Gasteiger partial charge in [0.1, 0.15) is 17.7 Å². The fraction of sp³-hybridized carbons (Fsp3) is 0.100. The number of fused-ring (bicyclic) bond motifs is 1. The predicted molar refractivity (Wildman–Crippen MR) is 45.9 cm³/mol. The van der Waals surface area contributed by atoms with Gasteiger partial charge in [-0.2, -0.15) is 0 Å². The Kier molecular flexibility index (Phi) is 1.85. The fourth-order valence-electron chi connectivity index (χ4n) is 1.35. The van der Waals surface area contributed by atoms with Crippen molar-refractivity contribution in [3.8, 4) is 0 Å². The molecule has 0 amide bonds. The zero-order valence-corrected chi connectivity index (χ0v) is 6.79. The maximum Gasteiger partial charge on any atom is 0.137 e. The molecule has 1 aromatic carbocycles. The van der Waals surface area contributed by atoms with Gasteiger partial charge in [-0.05, 0) is 12.1 Å². The number of aldehydes is 1. The monoisotopic (exact) mass is 178 g/mol. The van der Waals surface area contributed by atoms with E-state index in [4.69, 9.17) is 4.42 Å². The maximum atomic E-state index is 13.2. The molecule has 0 spiro atoms. The third-order valence-electron chi connectivity index (χ3n) is 1.93. The van der Waals surface area contributed by atoms with Crippen LogP contribution in [0, 0.1) is 5.82 Å². The van der Waals surface area contributed by atoms with Gasteiger partial charge in [0.25, 0.3) is 0 Å². The van der Waals surface area contributed by atoms with E-state index in [0.29, 0.717) is 16.5 Å². The van der Waals surface area contributed by atoms with Crippen LogP contribution in [0.2, 0.25) is 0 Å². The van der Waals surface area contributed by atoms with Gasteiger partial charge in [-0.25, -0.2) is 4.39 Å². The lowest BCUT2D eigenvalue weighted by molar-refractivity contribution is -0.107. The van der Waals surface area contributed by atoms with Crippen molar-refractivity contribution in [2.45, 2.75) is 6.42 Å². The smallest absolute Gasteiger partial charge is 0.137 e. The number of benzene rings is 1. The van der Waals surface area contributed by atoms with E-state index in [1.165, 1.54) is 12.3 Å². The predicted octanol–water partition coefficient (Wildman–Crippen LogP) is 2.31. The normalized spacial score (nSPS) is 10.5. The average Bonchev–Trinajstić information content (AvgIpc) is 2.51. The summed E-state index contributed by atoms with van der Waals surface area (Å²) in [6, 6.07) is 4.60. The van der Waals surface area contributed by atoms with Crippen LogP contribution in [0.5, 0.6) is 0 Å². The highest BCUT2D eigenvalue weighted by Crippen LogP contribution is 2.23. The van der Waals surface area contributed by atoms with Gasteiger partial charge < -0.3 is 9.21 Å². The Balaban J connectivity index is 2.70. The molecule has 0 aliphatic carbocycles. The second-order valence-electron chi connectivity index (χ2n) is 2.74. The Morgan fingerprint density at radius 3 is 3.08 bits per heavy atom. The summed E-state index contributed by atoms with van der Waals surface area (Å²) in [5.41, 5.74) is 1.08. The molecule has 2 aromatic rings. The molecule has 0 unspecified atom stereocenters. The molecular formula is C10H7FO2. The zero-order valence-electron chi connectivity index (χ0n) is 6.79. The maximum absolute atomic E-state index is 13.2. The highest BCUT2D eigenvalue weighted by atomic mass is 19.1. The van der Waals surface area contributed by atoms with Gasteiger partial charge in [-0.1, -0.05) is 6.07 Å². The van der Waals surface area contributed by atoms with Gasteiger partial charge in [0.2, 0.25) is 0 Å². The van der Waals surface area contributed by atoms with Crippen LogP contribution in [0.1, 0.15) is 5.56 Å². The van der Waals surface area contributed by atoms with Gasteiger partial charge in [0, 0.05) is 12.0 Å². The van der Waals surface area contributed by atoms with Crippen LogP contribution in [-0.4, -0.2) is 6.29 Å². The van der Waals surface area contributed by atoms with Gasteiger partial charge in [-0.15, -0.1) is 0 Å². The summed E-state index contributed by atoms with van der Waals surface area (Å²) >= 11 is 0. The third-order valence-corrected chi connectivity index (χ3v) is 1.93. The molecule has 13 heavy (non-hydrogen) atoms. The van der Waals surface area contributed by atoms with Crippen molar-refractivity contribution in [3.63, 3.8) is 0 Å². The minimum absolute atomic E-state index is 0.188. The highest BCUT2D eigenvalue weighted by Gasteiger charge is 2.08. The molecule has 0 bridgehead atoms. The summed E-state index contributed by atoms with van der Waals surface area (Å²) in [7, 11) is 0. The molecule has 0 atom stereocenters. The summed E-state index contributed by atoms with van der Waals surface area (Å²) in [6.45, 7) is 0. The second-order valence-corrected chi connectivity index (χ2v) is 2.74. The number of carbonyl (C=O) groups is 1. The quantitative estimate of drug-likeness (QED) is 0.660. The van der Waals surface area contributed by atoms with Crippen LogP contribution < -0.4 is 0 Å². The van der Waals surface area contributed by atoms with Crippen molar-refractivity contribution in [2.75, 3.05) is 0 Å². The van der Waals surface area contributed by atoms with E-state index in [2.05, 4.69) is 0 Å². The van der Waals surface area contributed by atoms with E-state index in [1.807, 2.05) is 0 Å². The van der Waals surface area contributed by atoms with Crippen molar-refractivity contribution in [2.24, 2.45) is 0 Å². The topological polar surface area (TPSA) is 30.2 Å². The van der Waals surface area contributed by atoms with E-state index in [0.717, 1.165) is 6.29 Å². The molecule has 0 saturated carbocycles. The van der Waals surface area contributed by atoms with E-state index in [1.54, 1.807) is 12.1 Å². The molecule has 0 aliphatic rings. The number of hydrogen-bond acceptors (Lipinski definition) is 2. The molecule has 3 heteroatoms. The van der Waals surface area contributed by atoms with Crippen molar-refractivity contribution >= 4 is 17.3 Å². The molecule has 2 rings (SSSR count). The van der Waals surface area contributed by atoms with Crippen LogP contribution >= 0.6 is 0 Å². The van der Waals surface area contributed by atoms with E-state index in [9.17, 15) is 9.18 Å². The van der Waals surface area contributed by atoms with Gasteiger partial charge in [0.15, 0.2) is 0 Å². The molecule has 66 valence electrons. The first-order valence-electron chi connectivity index (χ1n) is 3.91. The Labute approximate surface area is 74.0 Å². The molecule has 1 aromatic heterocycles. The number of halogens is 1. The largest absolute Gasteiger partial charge is 0.464 e. The standard InChI is InChI=1S/C10H7FO2/c11-8-2-1-3-9-10(8)7(4-5-12)6-13-9/h1-3,5-6H,4H2. The van der Waals surface area contributed by atoms with Gasteiger partial charge in [0.05, 0.1) is 11.6 Å². The molecule has 0 saturated heterocycles. The third kappa shape index (κ3) is 1.22. The Morgan fingerprint density at radius 1 is 1.46 bits per heavy atom. The molecule has 0 fully saturated rings. The molecular weight excluding hydrogens is 171 g/mol. The van der Waals surface area contributed by atoms with Crippen molar-refractivity contribution in [1.82, 2.24) is 0 Å². The Morgan fingerprint density at radius 2 is 2.31 bits per heavy atom. The highest BCUT2D eigenvalue weighted by molar-refractivity contribution is 5.83. The van der Waals surface area contributed by atoms with Gasteiger partial charge >= 0.3 is 0 Å². The van der Waals surface area contributed by atoms with Crippen LogP contribution in [0.3, 0.4) is 0 Å². The Hall–Kier alpha value is -1.64. The van der Waals surface area contributed by atoms with Crippen molar-refractivity contribution in [3.05, 3.63) is 35.8 Å². The van der Waals surface area contributed by atoms with E-state index < -0.39 is 0 Å². The zero-order chi connectivity index (χ0) is 9.26. The SMILES string of the molecule is O=CCc1coc2cccc(F)c12. The number of carbonyl (C=O) groups excluding carboxylic acids is 1. The lowest BCUT2D eigenvalue weighted by Gasteiger charge is -1.92. The van der Waals surface area contributed by atoms with Crippen LogP contribution in [0.25, 0.3) is 11.0 Å². The summed E-state index contributed by atoms with van der Waals surface area (Å²) in [5, 5.41) is 0.412. The summed E-state index contributed by atoms with van der Waals surface area (Å²) in [5.74, 6) is -0.344. The van der Waals surface area contributed by atoms with Crippen LogP contribution in [0.15, 0.2) is 28.9 Å². The molecule has 0 radical (unpaired) electrons. The minimum atomic E-state index is -0.344. The van der Waals surface area contributed by atoms with Crippen molar-refractivity contribution in [1.29, 1.82) is 0 Å². The first kappa shape index (κ1) is 7.98. The lowest BCUT2D eigenvalue weighted by Crippen LogP contribution is -1.84. The van der Waals surface area contributed by atoms with Crippen LogP contribution in [-0.2, 0) is 11.2 Å². The number of hydrogen-bond donors (Lipinski definition) is 0. The Bertz CT molecular complexity index is 445. The number of rotatable bonds is 2. The first-order chi connectivity index (χ1) is 6.33. The summed E-state index contributed by atoms with van der Waals surface area (Å²) in [6.07, 6.45) is 2.34. The van der Waals surface area contributed by atoms with Crippen LogP contribution in [0.4, 0.5) is 4.39 Å². The molecule has 1 heterocycles. The lowest BCUT2D eigenvalue weighted by atomic mass is 10.1. The first-order valence-corrected chi connectivity index (χ1v) is 3.91. The van der Waals surface area contributed by atoms with E-state index >= 15 is 0 Å². The summed E-state index contributed by atoms with van der Waals surface area (Å²) < 4.78 is 18.3. The van der Waals surface area contributed by atoms with E-state index in [-0.39, 0.29) is 12.2 Å². The summed E-state index contributed by atoms with van der Waals surface area (Å²) in [4.78, 5) is 10.3. The fourth-order valence-corrected chi connectivity index (χ4v) is 1.35. The number of furan rings is 1. The second kappa shape index (κ2) is 3.01. The average molecular weight is 178 g/mol.